The van der Waals surface area contributed by atoms with Gasteiger partial charge in [0.15, 0.2) is 5.75 Å². The lowest BCUT2D eigenvalue weighted by Crippen LogP contribution is -2.10. The Balaban J connectivity index is 3.48. The van der Waals surface area contributed by atoms with Crippen molar-refractivity contribution in [2.24, 2.45) is 0 Å². The molecule has 0 aliphatic heterocycles. The maximum Gasteiger partial charge on any atom is 0.315 e. The van der Waals surface area contributed by atoms with Crippen LogP contribution in [0.5, 0.6) is 11.5 Å². The van der Waals surface area contributed by atoms with Crippen molar-refractivity contribution in [2.75, 3.05) is 0 Å². The second-order valence-electron chi connectivity index (χ2n) is 3.96. The summed E-state index contributed by atoms with van der Waals surface area (Å²) in [5.74, 6) is -3.80. The fraction of sp³-hybridized carbons (Fsp3) is 0.250. The van der Waals surface area contributed by atoms with Crippen LogP contribution in [-0.2, 0) is 20.8 Å². The van der Waals surface area contributed by atoms with Gasteiger partial charge in [0.2, 0.25) is 0 Å². The van der Waals surface area contributed by atoms with Crippen LogP contribution in [0.15, 0.2) is 12.1 Å². The molecule has 9 nitrogen and oxygen atoms in total. The van der Waals surface area contributed by atoms with Crippen molar-refractivity contribution in [2.45, 2.75) is 20.3 Å². The molecular formula is C12H11NO8. The predicted molar refractivity (Wildman–Crippen MR) is 67.1 cm³/mol. The Labute approximate surface area is 118 Å². The molecule has 0 unspecified atom stereocenters. The SMILES string of the molecule is CC(=O)Oc1cc(CC(=O)O)cc([N+](=O)[O-])c1OC(C)=O. The minimum absolute atomic E-state index is 0.0290. The monoisotopic (exact) mass is 297 g/mol. The maximum absolute atomic E-state index is 11.0. The van der Waals surface area contributed by atoms with E-state index in [1.54, 1.807) is 0 Å². The van der Waals surface area contributed by atoms with Crippen molar-refractivity contribution >= 4 is 23.6 Å². The molecule has 0 saturated heterocycles. The van der Waals surface area contributed by atoms with Gasteiger partial charge >= 0.3 is 23.6 Å². The summed E-state index contributed by atoms with van der Waals surface area (Å²) < 4.78 is 9.44. The third kappa shape index (κ3) is 4.56. The summed E-state index contributed by atoms with van der Waals surface area (Å²) >= 11 is 0. The topological polar surface area (TPSA) is 133 Å². The van der Waals surface area contributed by atoms with E-state index in [-0.39, 0.29) is 11.3 Å². The molecule has 21 heavy (non-hydrogen) atoms. The van der Waals surface area contributed by atoms with Crippen LogP contribution in [-0.4, -0.2) is 27.9 Å². The van der Waals surface area contributed by atoms with Crippen molar-refractivity contribution in [3.8, 4) is 11.5 Å². The molecule has 112 valence electrons. The Bertz CT molecular complexity index is 622. The Hall–Kier alpha value is -2.97. The van der Waals surface area contributed by atoms with E-state index < -0.39 is 40.7 Å². The fourth-order valence-electron chi connectivity index (χ4n) is 1.53. The van der Waals surface area contributed by atoms with Crippen molar-refractivity contribution in [3.63, 3.8) is 0 Å². The van der Waals surface area contributed by atoms with Gasteiger partial charge in [-0.2, -0.15) is 0 Å². The minimum Gasteiger partial charge on any atom is -0.481 e. The van der Waals surface area contributed by atoms with Crippen LogP contribution in [0.2, 0.25) is 0 Å². The number of carboxylic acids is 1. The van der Waals surface area contributed by atoms with Crippen LogP contribution in [0.1, 0.15) is 19.4 Å². The first-order valence-electron chi connectivity index (χ1n) is 5.60. The summed E-state index contributed by atoms with van der Waals surface area (Å²) in [6.07, 6.45) is -0.518. The lowest BCUT2D eigenvalue weighted by atomic mass is 10.1. The molecule has 1 N–H and O–H groups in total. The summed E-state index contributed by atoms with van der Waals surface area (Å²) in [5, 5.41) is 19.7. The molecule has 0 amide bonds. The zero-order valence-corrected chi connectivity index (χ0v) is 11.1. The number of carboxylic acid groups (broad SMARTS) is 1. The lowest BCUT2D eigenvalue weighted by Gasteiger charge is -2.10. The third-order valence-corrected chi connectivity index (χ3v) is 2.15. The van der Waals surface area contributed by atoms with Gasteiger partial charge in [0, 0.05) is 19.9 Å². The van der Waals surface area contributed by atoms with E-state index in [9.17, 15) is 24.5 Å². The van der Waals surface area contributed by atoms with Gasteiger partial charge in [-0.15, -0.1) is 0 Å². The van der Waals surface area contributed by atoms with E-state index in [4.69, 9.17) is 14.6 Å². The number of hydrogen-bond acceptors (Lipinski definition) is 7. The number of ether oxygens (including phenoxy) is 2. The van der Waals surface area contributed by atoms with Crippen LogP contribution in [0.4, 0.5) is 5.69 Å². The first kappa shape index (κ1) is 16.1. The summed E-state index contributed by atoms with van der Waals surface area (Å²) in [6.45, 7) is 2.07. The molecule has 0 saturated carbocycles. The molecule has 0 bridgehead atoms. The normalized spacial score (nSPS) is 9.81. The molecule has 0 aliphatic rings. The average Bonchev–Trinajstić information content (AvgIpc) is 2.29. The number of esters is 2. The summed E-state index contributed by atoms with van der Waals surface area (Å²) in [6, 6.07) is 2.04. The molecule has 0 heterocycles. The van der Waals surface area contributed by atoms with Gasteiger partial charge in [0.1, 0.15) is 0 Å². The first-order chi connectivity index (χ1) is 9.70. The second kappa shape index (κ2) is 6.46. The highest BCUT2D eigenvalue weighted by atomic mass is 16.6. The molecule has 1 aromatic carbocycles. The van der Waals surface area contributed by atoms with Gasteiger partial charge in [-0.25, -0.2) is 0 Å². The average molecular weight is 297 g/mol. The van der Waals surface area contributed by atoms with Crippen LogP contribution < -0.4 is 9.47 Å². The van der Waals surface area contributed by atoms with Crippen LogP contribution in [0.25, 0.3) is 0 Å². The molecule has 0 aliphatic carbocycles. The Morgan fingerprint density at radius 3 is 2.19 bits per heavy atom. The van der Waals surface area contributed by atoms with Crippen molar-refractivity contribution in [1.82, 2.24) is 0 Å². The molecule has 0 fully saturated rings. The smallest absolute Gasteiger partial charge is 0.315 e. The number of carbonyl (C=O) groups is 3. The van der Waals surface area contributed by atoms with E-state index in [1.165, 1.54) is 0 Å². The molecule has 0 atom stereocenters. The van der Waals surface area contributed by atoms with E-state index in [0.717, 1.165) is 26.0 Å². The molecule has 0 radical (unpaired) electrons. The van der Waals surface area contributed by atoms with E-state index in [1.807, 2.05) is 0 Å². The molecule has 0 aromatic heterocycles. The van der Waals surface area contributed by atoms with Crippen LogP contribution >= 0.6 is 0 Å². The van der Waals surface area contributed by atoms with Gasteiger partial charge in [-0.1, -0.05) is 0 Å². The second-order valence-corrected chi connectivity index (χ2v) is 3.96. The summed E-state index contributed by atoms with van der Waals surface area (Å²) in [4.78, 5) is 42.9. The number of hydrogen-bond donors (Lipinski definition) is 1. The minimum atomic E-state index is -1.22. The Morgan fingerprint density at radius 2 is 1.76 bits per heavy atom. The molecular weight excluding hydrogens is 286 g/mol. The third-order valence-electron chi connectivity index (χ3n) is 2.15. The number of carbonyl (C=O) groups excluding carboxylic acids is 2. The predicted octanol–water partition coefficient (Wildman–Crippen LogP) is 1.07. The van der Waals surface area contributed by atoms with Gasteiger partial charge in [-0.05, 0) is 11.6 Å². The van der Waals surface area contributed by atoms with Crippen LogP contribution in [0.3, 0.4) is 0 Å². The number of benzene rings is 1. The zero-order valence-electron chi connectivity index (χ0n) is 11.1. The highest BCUT2D eigenvalue weighted by molar-refractivity contribution is 5.78. The lowest BCUT2D eigenvalue weighted by molar-refractivity contribution is -0.385. The number of nitro groups is 1. The molecule has 9 heteroatoms. The number of aliphatic carboxylic acids is 1. The maximum atomic E-state index is 11.0. The molecule has 1 rings (SSSR count). The van der Waals surface area contributed by atoms with Crippen molar-refractivity contribution < 1.29 is 33.9 Å². The van der Waals surface area contributed by atoms with E-state index in [2.05, 4.69) is 0 Å². The van der Waals surface area contributed by atoms with Gasteiger partial charge in [0.25, 0.3) is 5.75 Å². The van der Waals surface area contributed by atoms with Crippen LogP contribution in [0, 0.1) is 10.1 Å². The largest absolute Gasteiger partial charge is 0.481 e. The first-order valence-corrected chi connectivity index (χ1v) is 5.60. The molecule has 0 spiro atoms. The fourth-order valence-corrected chi connectivity index (χ4v) is 1.53. The Morgan fingerprint density at radius 1 is 1.19 bits per heavy atom. The van der Waals surface area contributed by atoms with Crippen molar-refractivity contribution in [3.05, 3.63) is 27.8 Å². The van der Waals surface area contributed by atoms with Gasteiger partial charge in [-0.3, -0.25) is 24.5 Å². The number of rotatable bonds is 5. The number of nitrogens with zero attached hydrogens (tertiary/aromatic N) is 1. The summed E-state index contributed by atoms with van der Waals surface area (Å²) in [5.41, 5.74) is -0.637. The quantitative estimate of drug-likeness (QED) is 0.369. The Kier molecular flexibility index (Phi) is 4.95. The standard InChI is InChI=1S/C12H11NO8/c1-6(14)20-10-4-8(5-11(16)17)3-9(13(18)19)12(10)21-7(2)15/h3-4H,5H2,1-2H3,(H,16,17). The molecule has 1 aromatic rings. The van der Waals surface area contributed by atoms with Crippen molar-refractivity contribution in [1.29, 1.82) is 0 Å². The van der Waals surface area contributed by atoms with Gasteiger partial charge in [0.05, 0.1) is 11.3 Å². The number of nitro benzene ring substituents is 1. The summed E-state index contributed by atoms with van der Waals surface area (Å²) in [7, 11) is 0. The van der Waals surface area contributed by atoms with Gasteiger partial charge < -0.3 is 14.6 Å². The highest BCUT2D eigenvalue weighted by Gasteiger charge is 2.25. The van der Waals surface area contributed by atoms with E-state index in [0.29, 0.717) is 0 Å². The highest BCUT2D eigenvalue weighted by Crippen LogP contribution is 2.39. The van der Waals surface area contributed by atoms with E-state index >= 15 is 0 Å². The zero-order chi connectivity index (χ0) is 16.2.